The average molecular weight is 359 g/mol. The number of esters is 1. The highest BCUT2D eigenvalue weighted by Gasteiger charge is 2.53. The third kappa shape index (κ3) is 3.74. The zero-order valence-corrected chi connectivity index (χ0v) is 15.1. The van der Waals surface area contributed by atoms with Gasteiger partial charge < -0.3 is 15.2 Å². The number of ether oxygens (including phenoxy) is 1. The highest BCUT2D eigenvalue weighted by molar-refractivity contribution is 5.96. The van der Waals surface area contributed by atoms with Crippen LogP contribution < -0.4 is 5.32 Å². The Hall–Kier alpha value is -2.37. The Labute approximate surface area is 152 Å². The highest BCUT2D eigenvalue weighted by atomic mass is 16.5. The lowest BCUT2D eigenvalue weighted by Crippen LogP contribution is -2.37. The zero-order valence-electron chi connectivity index (χ0n) is 15.1. The maximum absolute atomic E-state index is 12.6. The third-order valence-electron chi connectivity index (χ3n) is 5.44. The molecule has 2 saturated carbocycles. The zero-order chi connectivity index (χ0) is 18.8. The molecule has 1 aromatic carbocycles. The van der Waals surface area contributed by atoms with Crippen LogP contribution in [0.15, 0.2) is 24.3 Å². The van der Waals surface area contributed by atoms with Crippen molar-refractivity contribution < 1.29 is 24.2 Å². The normalized spacial score (nSPS) is 26.7. The molecule has 2 aliphatic carbocycles. The van der Waals surface area contributed by atoms with Crippen LogP contribution in [0.5, 0.6) is 0 Å². The molecule has 2 N–H and O–H groups in total. The largest absolute Gasteiger partial charge is 0.481 e. The number of aliphatic carboxylic acids is 1. The first-order chi connectivity index (χ1) is 12.4. The van der Waals surface area contributed by atoms with Gasteiger partial charge in [0, 0.05) is 5.69 Å². The van der Waals surface area contributed by atoms with Crippen LogP contribution in [0, 0.1) is 29.6 Å². The second-order valence-electron chi connectivity index (χ2n) is 7.78. The lowest BCUT2D eigenvalue weighted by molar-refractivity contribution is -0.148. The minimum atomic E-state index is -0.874. The molecule has 6 nitrogen and oxygen atoms in total. The van der Waals surface area contributed by atoms with Crippen LogP contribution in [-0.4, -0.2) is 29.6 Å². The van der Waals surface area contributed by atoms with Crippen LogP contribution in [0.3, 0.4) is 0 Å². The first kappa shape index (κ1) is 18.4. The molecule has 2 bridgehead atoms. The van der Waals surface area contributed by atoms with Crippen LogP contribution in [0.1, 0.15) is 43.5 Å². The Morgan fingerprint density at radius 1 is 1.12 bits per heavy atom. The van der Waals surface area contributed by atoms with E-state index in [-0.39, 0.29) is 23.7 Å². The molecule has 0 aromatic heterocycles. The van der Waals surface area contributed by atoms with Crippen LogP contribution in [0.25, 0.3) is 0 Å². The van der Waals surface area contributed by atoms with E-state index < -0.39 is 23.8 Å². The number of carbonyl (C=O) groups excluding carboxylic acids is 2. The van der Waals surface area contributed by atoms with Gasteiger partial charge in [0.1, 0.15) is 0 Å². The summed E-state index contributed by atoms with van der Waals surface area (Å²) in [6.07, 6.45) is 2.65. The summed E-state index contributed by atoms with van der Waals surface area (Å²) in [5, 5.41) is 12.3. The number of carboxylic acids is 1. The standard InChI is InChI=1S/C20H25NO5/c1-11(2)10-26-20(25)12-5-7-15(8-6-12)21-18(22)16-13-3-4-14(9-13)17(16)19(23)24/h5-8,11,13-14,16-17H,3-4,9-10H2,1-2H3,(H,21,22)(H,23,24)/t13-,14-,16-,17-/m0/s1. The number of fused-ring (bicyclic) bond motifs is 2. The van der Waals surface area contributed by atoms with Crippen LogP contribution in [0.4, 0.5) is 5.69 Å². The minimum absolute atomic E-state index is 0.117. The number of rotatable bonds is 6. The summed E-state index contributed by atoms with van der Waals surface area (Å²) in [6, 6.07) is 6.50. The van der Waals surface area contributed by atoms with Crippen LogP contribution in [0.2, 0.25) is 0 Å². The molecule has 0 unspecified atom stereocenters. The summed E-state index contributed by atoms with van der Waals surface area (Å²) in [5.41, 5.74) is 0.981. The van der Waals surface area contributed by atoms with Gasteiger partial charge in [0.15, 0.2) is 0 Å². The molecule has 140 valence electrons. The first-order valence-corrected chi connectivity index (χ1v) is 9.17. The Morgan fingerprint density at radius 3 is 2.31 bits per heavy atom. The number of hydrogen-bond acceptors (Lipinski definition) is 4. The maximum Gasteiger partial charge on any atom is 0.338 e. The van der Waals surface area contributed by atoms with Gasteiger partial charge in [-0.05, 0) is 61.3 Å². The summed E-state index contributed by atoms with van der Waals surface area (Å²) in [7, 11) is 0. The molecular formula is C20H25NO5. The molecule has 0 spiro atoms. The van der Waals surface area contributed by atoms with Gasteiger partial charge in [-0.2, -0.15) is 0 Å². The second kappa shape index (κ2) is 7.48. The van der Waals surface area contributed by atoms with Gasteiger partial charge in [0.05, 0.1) is 24.0 Å². The lowest BCUT2D eigenvalue weighted by Gasteiger charge is -2.27. The monoisotopic (exact) mass is 359 g/mol. The molecule has 6 heteroatoms. The molecule has 0 radical (unpaired) electrons. The van der Waals surface area contributed by atoms with Gasteiger partial charge in [0.2, 0.25) is 5.91 Å². The van der Waals surface area contributed by atoms with Crippen molar-refractivity contribution in [1.82, 2.24) is 0 Å². The van der Waals surface area contributed by atoms with Crippen molar-refractivity contribution in [1.29, 1.82) is 0 Å². The van der Waals surface area contributed by atoms with E-state index in [1.807, 2.05) is 13.8 Å². The first-order valence-electron chi connectivity index (χ1n) is 9.17. The summed E-state index contributed by atoms with van der Waals surface area (Å²) in [4.78, 5) is 36.1. The Bertz CT molecular complexity index is 697. The van der Waals surface area contributed by atoms with E-state index >= 15 is 0 Å². The van der Waals surface area contributed by atoms with Crippen LogP contribution in [-0.2, 0) is 14.3 Å². The number of carbonyl (C=O) groups is 3. The molecule has 4 atom stereocenters. The van der Waals surface area contributed by atoms with E-state index in [0.29, 0.717) is 17.9 Å². The average Bonchev–Trinajstić information content (AvgIpc) is 3.21. The van der Waals surface area contributed by atoms with E-state index in [9.17, 15) is 19.5 Å². The second-order valence-corrected chi connectivity index (χ2v) is 7.78. The number of benzene rings is 1. The SMILES string of the molecule is CC(C)COC(=O)c1ccc(NC(=O)[C@H]2[C@H]3CC[C@@H](C3)[C@@H]2C(=O)O)cc1. The predicted molar refractivity (Wildman–Crippen MR) is 95.6 cm³/mol. The Kier molecular flexibility index (Phi) is 5.30. The molecular weight excluding hydrogens is 334 g/mol. The summed E-state index contributed by atoms with van der Waals surface area (Å²) < 4.78 is 5.17. The van der Waals surface area contributed by atoms with Crippen molar-refractivity contribution in [2.75, 3.05) is 11.9 Å². The van der Waals surface area contributed by atoms with E-state index in [0.717, 1.165) is 19.3 Å². The van der Waals surface area contributed by atoms with Crippen molar-refractivity contribution in [3.8, 4) is 0 Å². The number of anilines is 1. The van der Waals surface area contributed by atoms with Gasteiger partial charge in [0.25, 0.3) is 0 Å². The quantitative estimate of drug-likeness (QED) is 0.761. The molecule has 1 amide bonds. The Balaban J connectivity index is 1.63. The van der Waals surface area contributed by atoms with Crippen molar-refractivity contribution in [2.24, 2.45) is 29.6 Å². The van der Waals surface area contributed by atoms with Gasteiger partial charge >= 0.3 is 11.9 Å². The fourth-order valence-corrected chi connectivity index (χ4v) is 4.26. The fraction of sp³-hybridized carbons (Fsp3) is 0.550. The van der Waals surface area contributed by atoms with Gasteiger partial charge in [-0.3, -0.25) is 9.59 Å². The van der Waals surface area contributed by atoms with E-state index in [4.69, 9.17) is 4.74 Å². The van der Waals surface area contributed by atoms with Crippen molar-refractivity contribution in [2.45, 2.75) is 33.1 Å². The molecule has 26 heavy (non-hydrogen) atoms. The van der Waals surface area contributed by atoms with E-state index in [1.54, 1.807) is 24.3 Å². The van der Waals surface area contributed by atoms with Gasteiger partial charge in [-0.15, -0.1) is 0 Å². The van der Waals surface area contributed by atoms with Crippen LogP contribution >= 0.6 is 0 Å². The minimum Gasteiger partial charge on any atom is -0.481 e. The topological polar surface area (TPSA) is 92.7 Å². The number of amides is 1. The van der Waals surface area contributed by atoms with Crippen molar-refractivity contribution >= 4 is 23.5 Å². The predicted octanol–water partition coefficient (Wildman–Crippen LogP) is 3.18. The molecule has 2 fully saturated rings. The Morgan fingerprint density at radius 2 is 1.73 bits per heavy atom. The lowest BCUT2D eigenvalue weighted by atomic mass is 9.78. The molecule has 1 aromatic rings. The number of nitrogens with one attached hydrogen (secondary N) is 1. The molecule has 3 rings (SSSR count). The van der Waals surface area contributed by atoms with Crippen molar-refractivity contribution in [3.63, 3.8) is 0 Å². The summed E-state index contributed by atoms with van der Waals surface area (Å²) in [5.74, 6) is -2.02. The number of carboxylic acid groups (broad SMARTS) is 1. The van der Waals surface area contributed by atoms with Crippen molar-refractivity contribution in [3.05, 3.63) is 29.8 Å². The van der Waals surface area contributed by atoms with E-state index in [1.165, 1.54) is 0 Å². The summed E-state index contributed by atoms with van der Waals surface area (Å²) >= 11 is 0. The van der Waals surface area contributed by atoms with Gasteiger partial charge in [-0.25, -0.2) is 4.79 Å². The van der Waals surface area contributed by atoms with Gasteiger partial charge in [-0.1, -0.05) is 13.8 Å². The fourth-order valence-electron chi connectivity index (χ4n) is 4.26. The smallest absolute Gasteiger partial charge is 0.338 e. The molecule has 0 heterocycles. The molecule has 0 aliphatic heterocycles. The van der Waals surface area contributed by atoms with E-state index in [2.05, 4.69) is 5.32 Å². The maximum atomic E-state index is 12.6. The molecule has 0 saturated heterocycles. The molecule has 2 aliphatic rings. The third-order valence-corrected chi connectivity index (χ3v) is 5.44. The number of hydrogen-bond donors (Lipinski definition) is 2. The summed E-state index contributed by atoms with van der Waals surface area (Å²) in [6.45, 7) is 4.29. The highest BCUT2D eigenvalue weighted by Crippen LogP contribution is 2.52.